The summed E-state index contributed by atoms with van der Waals surface area (Å²) in [6, 6.07) is 0. The molecule has 1 amide bonds. The van der Waals surface area contributed by atoms with Crippen molar-refractivity contribution in [3.05, 3.63) is 0 Å². The molecule has 0 atom stereocenters. The summed E-state index contributed by atoms with van der Waals surface area (Å²) in [6.07, 6.45) is 5.75. The summed E-state index contributed by atoms with van der Waals surface area (Å²) in [5.41, 5.74) is 0.677. The molecule has 3 heteroatoms. The van der Waals surface area contributed by atoms with Crippen LogP contribution in [0.1, 0.15) is 32.6 Å². The summed E-state index contributed by atoms with van der Waals surface area (Å²) in [7, 11) is 0. The van der Waals surface area contributed by atoms with Crippen molar-refractivity contribution in [3.63, 3.8) is 0 Å². The molecule has 0 aromatic rings. The van der Waals surface area contributed by atoms with Crippen molar-refractivity contribution in [1.29, 1.82) is 0 Å². The first-order chi connectivity index (χ1) is 6.73. The van der Waals surface area contributed by atoms with Gasteiger partial charge >= 0.3 is 0 Å². The topological polar surface area (TPSA) is 41.1 Å². The van der Waals surface area contributed by atoms with E-state index in [4.69, 9.17) is 0 Å². The molecule has 0 heterocycles. The van der Waals surface area contributed by atoms with Gasteiger partial charge in [-0.1, -0.05) is 0 Å². The number of carbonyl (C=O) groups excluding carboxylic acids is 1. The second kappa shape index (κ2) is 3.89. The lowest BCUT2D eigenvalue weighted by atomic mass is 10.0. The van der Waals surface area contributed by atoms with E-state index in [9.17, 15) is 4.79 Å². The lowest BCUT2D eigenvalue weighted by molar-refractivity contribution is -0.118. The highest BCUT2D eigenvalue weighted by atomic mass is 16.1. The second-order valence-corrected chi connectivity index (χ2v) is 4.80. The van der Waals surface area contributed by atoms with Gasteiger partial charge in [-0.25, -0.2) is 0 Å². The van der Waals surface area contributed by atoms with Gasteiger partial charge in [0.25, 0.3) is 0 Å². The van der Waals surface area contributed by atoms with Crippen LogP contribution in [-0.4, -0.2) is 25.5 Å². The summed E-state index contributed by atoms with van der Waals surface area (Å²) in [4.78, 5) is 10.6. The molecule has 80 valence electrons. The van der Waals surface area contributed by atoms with Gasteiger partial charge in [-0.2, -0.15) is 0 Å². The first kappa shape index (κ1) is 9.97. The number of hydrogen-bond donors (Lipinski definition) is 2. The SMILES string of the molecule is CC(=O)NCCNCC1(C2CC2)CC1. The van der Waals surface area contributed by atoms with Crippen molar-refractivity contribution in [2.24, 2.45) is 11.3 Å². The molecule has 14 heavy (non-hydrogen) atoms. The van der Waals surface area contributed by atoms with Crippen molar-refractivity contribution >= 4 is 5.91 Å². The lowest BCUT2D eigenvalue weighted by Gasteiger charge is -2.14. The van der Waals surface area contributed by atoms with Gasteiger partial charge in [-0.05, 0) is 37.0 Å². The molecular formula is C11H20N2O. The quantitative estimate of drug-likeness (QED) is 0.620. The summed E-state index contributed by atoms with van der Waals surface area (Å²) in [6.45, 7) is 4.40. The molecule has 0 aromatic heterocycles. The van der Waals surface area contributed by atoms with E-state index >= 15 is 0 Å². The monoisotopic (exact) mass is 196 g/mol. The van der Waals surface area contributed by atoms with Gasteiger partial charge in [0.1, 0.15) is 0 Å². The van der Waals surface area contributed by atoms with Crippen molar-refractivity contribution in [1.82, 2.24) is 10.6 Å². The Morgan fingerprint density at radius 1 is 1.36 bits per heavy atom. The number of rotatable bonds is 6. The third-order valence-electron chi connectivity index (χ3n) is 3.49. The van der Waals surface area contributed by atoms with Crippen LogP contribution in [0.5, 0.6) is 0 Å². The molecule has 0 saturated heterocycles. The lowest BCUT2D eigenvalue weighted by Crippen LogP contribution is -2.33. The van der Waals surface area contributed by atoms with Crippen molar-refractivity contribution in [3.8, 4) is 0 Å². The molecule has 2 aliphatic carbocycles. The number of hydrogen-bond acceptors (Lipinski definition) is 2. The zero-order chi connectivity index (χ0) is 10.0. The van der Waals surface area contributed by atoms with Crippen LogP contribution in [0.4, 0.5) is 0 Å². The van der Waals surface area contributed by atoms with E-state index < -0.39 is 0 Å². The van der Waals surface area contributed by atoms with E-state index in [1.165, 1.54) is 25.7 Å². The Kier molecular flexibility index (Phi) is 2.77. The average Bonchev–Trinajstić information content (AvgIpc) is 2.98. The van der Waals surface area contributed by atoms with Crippen LogP contribution in [0.25, 0.3) is 0 Å². The first-order valence-electron chi connectivity index (χ1n) is 5.68. The van der Waals surface area contributed by atoms with Crippen LogP contribution >= 0.6 is 0 Å². The minimum absolute atomic E-state index is 0.0649. The Morgan fingerprint density at radius 2 is 2.07 bits per heavy atom. The Morgan fingerprint density at radius 3 is 2.57 bits per heavy atom. The predicted octanol–water partition coefficient (Wildman–Crippen LogP) is 0.902. The molecule has 2 saturated carbocycles. The molecule has 0 radical (unpaired) electrons. The van der Waals surface area contributed by atoms with Gasteiger partial charge in [0, 0.05) is 26.6 Å². The fourth-order valence-electron chi connectivity index (χ4n) is 2.25. The Balaban J connectivity index is 1.52. The van der Waals surface area contributed by atoms with E-state index in [2.05, 4.69) is 10.6 Å². The van der Waals surface area contributed by atoms with Gasteiger partial charge in [0.05, 0.1) is 0 Å². The van der Waals surface area contributed by atoms with Gasteiger partial charge < -0.3 is 10.6 Å². The number of carbonyl (C=O) groups is 1. The number of nitrogens with one attached hydrogen (secondary N) is 2. The maximum Gasteiger partial charge on any atom is 0.216 e. The first-order valence-corrected chi connectivity index (χ1v) is 5.68. The Bertz CT molecular complexity index is 219. The number of amides is 1. The van der Waals surface area contributed by atoms with E-state index in [0.717, 1.165) is 25.6 Å². The summed E-state index contributed by atoms with van der Waals surface area (Å²) < 4.78 is 0. The average molecular weight is 196 g/mol. The third-order valence-corrected chi connectivity index (χ3v) is 3.49. The highest BCUT2D eigenvalue weighted by Gasteiger charge is 2.52. The smallest absolute Gasteiger partial charge is 0.216 e. The molecule has 0 aliphatic heterocycles. The van der Waals surface area contributed by atoms with Crippen molar-refractivity contribution < 1.29 is 4.79 Å². The summed E-state index contributed by atoms with van der Waals surface area (Å²) >= 11 is 0. The Labute approximate surface area is 85.6 Å². The van der Waals surface area contributed by atoms with Crippen LogP contribution in [-0.2, 0) is 4.79 Å². The van der Waals surface area contributed by atoms with Crippen LogP contribution in [0, 0.1) is 11.3 Å². The van der Waals surface area contributed by atoms with Gasteiger partial charge in [0.2, 0.25) is 5.91 Å². The fourth-order valence-corrected chi connectivity index (χ4v) is 2.25. The summed E-state index contributed by atoms with van der Waals surface area (Å²) in [5.74, 6) is 1.09. The molecule has 2 aliphatic rings. The molecule has 0 bridgehead atoms. The molecule has 2 fully saturated rings. The molecule has 2 rings (SSSR count). The fraction of sp³-hybridized carbons (Fsp3) is 0.909. The Hall–Kier alpha value is -0.570. The molecule has 0 aromatic carbocycles. The van der Waals surface area contributed by atoms with E-state index in [1.807, 2.05) is 0 Å². The van der Waals surface area contributed by atoms with E-state index in [0.29, 0.717) is 5.41 Å². The second-order valence-electron chi connectivity index (χ2n) is 4.80. The van der Waals surface area contributed by atoms with Crippen LogP contribution in [0.3, 0.4) is 0 Å². The van der Waals surface area contributed by atoms with Crippen LogP contribution in [0.2, 0.25) is 0 Å². The highest BCUT2D eigenvalue weighted by Crippen LogP contribution is 2.60. The van der Waals surface area contributed by atoms with E-state index in [1.54, 1.807) is 6.92 Å². The zero-order valence-electron chi connectivity index (χ0n) is 8.94. The summed E-state index contributed by atoms with van der Waals surface area (Å²) in [5, 5.41) is 6.25. The normalized spacial score (nSPS) is 23.2. The minimum atomic E-state index is 0.0649. The van der Waals surface area contributed by atoms with Gasteiger partial charge in [-0.3, -0.25) is 4.79 Å². The van der Waals surface area contributed by atoms with Gasteiger partial charge in [-0.15, -0.1) is 0 Å². The van der Waals surface area contributed by atoms with Crippen LogP contribution < -0.4 is 10.6 Å². The zero-order valence-corrected chi connectivity index (χ0v) is 8.94. The van der Waals surface area contributed by atoms with Crippen molar-refractivity contribution in [2.45, 2.75) is 32.6 Å². The predicted molar refractivity (Wildman–Crippen MR) is 55.9 cm³/mol. The minimum Gasteiger partial charge on any atom is -0.355 e. The van der Waals surface area contributed by atoms with E-state index in [-0.39, 0.29) is 5.91 Å². The molecule has 0 spiro atoms. The third kappa shape index (κ3) is 2.47. The molecule has 3 nitrogen and oxygen atoms in total. The van der Waals surface area contributed by atoms with Gasteiger partial charge in [0.15, 0.2) is 0 Å². The highest BCUT2D eigenvalue weighted by molar-refractivity contribution is 5.72. The van der Waals surface area contributed by atoms with Crippen LogP contribution in [0.15, 0.2) is 0 Å². The molecule has 2 N–H and O–H groups in total. The largest absolute Gasteiger partial charge is 0.355 e. The standard InChI is InChI=1S/C11H20N2O/c1-9(14)13-7-6-12-8-11(4-5-11)10-2-3-10/h10,12H,2-8H2,1H3,(H,13,14). The maximum atomic E-state index is 10.6. The molecular weight excluding hydrogens is 176 g/mol. The molecule has 0 unspecified atom stereocenters. The van der Waals surface area contributed by atoms with Crippen molar-refractivity contribution in [2.75, 3.05) is 19.6 Å². The maximum absolute atomic E-state index is 10.6.